The van der Waals surface area contributed by atoms with Crippen LogP contribution in [0.15, 0.2) is 47.5 Å². The van der Waals surface area contributed by atoms with Crippen molar-refractivity contribution >= 4 is 34.8 Å². The van der Waals surface area contributed by atoms with E-state index in [2.05, 4.69) is 35.2 Å². The van der Waals surface area contributed by atoms with Crippen LogP contribution in [0.5, 0.6) is 10.8 Å². The van der Waals surface area contributed by atoms with Crippen molar-refractivity contribution in [3.8, 4) is 10.8 Å². The van der Waals surface area contributed by atoms with E-state index in [0.717, 1.165) is 54.1 Å². The number of rotatable bonds is 2. The molecule has 0 atom stereocenters. The molecule has 0 radical (unpaired) electrons. The molecule has 0 amide bonds. The lowest BCUT2D eigenvalue weighted by Crippen LogP contribution is -2.47. The Morgan fingerprint density at radius 1 is 1.09 bits per heavy atom. The van der Waals surface area contributed by atoms with Crippen molar-refractivity contribution in [3.63, 3.8) is 0 Å². The number of piperazine rings is 1. The highest BCUT2D eigenvalue weighted by atomic mass is 32.1. The van der Waals surface area contributed by atoms with E-state index in [4.69, 9.17) is 19.9 Å². The summed E-state index contributed by atoms with van der Waals surface area (Å²) < 4.78 is 6.13. The summed E-state index contributed by atoms with van der Waals surface area (Å²) in [6.07, 6.45) is 1.12. The summed E-state index contributed by atoms with van der Waals surface area (Å²) >= 11 is 1.70. The highest BCUT2D eigenvalue weighted by Gasteiger charge is 2.26. The van der Waals surface area contributed by atoms with Gasteiger partial charge in [0.15, 0.2) is 10.8 Å². The number of nitrogens with one attached hydrogen (secondary N) is 1. The second-order valence-corrected chi connectivity index (χ2v) is 8.58. The Morgan fingerprint density at radius 3 is 2.21 bits per heavy atom. The number of ether oxygens (including phenoxy) is 1. The van der Waals surface area contributed by atoms with Crippen LogP contribution < -0.4 is 10.1 Å². The summed E-state index contributed by atoms with van der Waals surface area (Å²) in [5, 5.41) is 19.3. The van der Waals surface area contributed by atoms with Gasteiger partial charge < -0.3 is 35.5 Å². The number of carboxylic acid groups (broad SMARTS) is 2. The summed E-state index contributed by atoms with van der Waals surface area (Å²) in [6, 6.07) is 10.2. The average molecular weight is 493 g/mol. The number of thiophene rings is 1. The minimum absolute atomic E-state index is 0. The predicted molar refractivity (Wildman–Crippen MR) is 134 cm³/mol. The Hall–Kier alpha value is -3.25. The molecule has 5 N–H and O–H groups in total. The van der Waals surface area contributed by atoms with Crippen LogP contribution in [-0.2, 0) is 9.59 Å². The third-order valence-electron chi connectivity index (χ3n) is 4.53. The van der Waals surface area contributed by atoms with Crippen LogP contribution in [0, 0.1) is 6.92 Å². The summed E-state index contributed by atoms with van der Waals surface area (Å²) in [6.45, 7) is 6.27. The molecule has 1 saturated heterocycles. The number of carboxylic acids is 2. The van der Waals surface area contributed by atoms with Gasteiger partial charge in [0, 0.05) is 43.2 Å². The first-order valence-corrected chi connectivity index (χ1v) is 11.2. The summed E-state index contributed by atoms with van der Waals surface area (Å²) in [5.74, 6) is -0.619. The van der Waals surface area contributed by atoms with Crippen LogP contribution in [-0.4, -0.2) is 90.6 Å². The number of para-hydroxylation sites is 2. The van der Waals surface area contributed by atoms with Crippen molar-refractivity contribution in [3.05, 3.63) is 52.9 Å². The molecular formula is C23H32N4O6S. The number of hydrogen-bond acceptors (Lipinski definition) is 8. The van der Waals surface area contributed by atoms with E-state index in [1.807, 2.05) is 38.4 Å². The molecule has 2 aliphatic rings. The molecule has 11 heteroatoms. The van der Waals surface area contributed by atoms with Gasteiger partial charge in [0.2, 0.25) is 0 Å². The monoisotopic (exact) mass is 492 g/mol. The van der Waals surface area contributed by atoms with E-state index < -0.39 is 11.9 Å². The number of nitrogens with zero attached hydrogens (tertiary/aromatic N) is 3. The Bertz CT molecular complexity index is 997. The van der Waals surface area contributed by atoms with Crippen molar-refractivity contribution in [1.29, 1.82) is 0 Å². The molecule has 3 heterocycles. The van der Waals surface area contributed by atoms with Gasteiger partial charge in [0.25, 0.3) is 0 Å². The molecule has 4 rings (SSSR count). The van der Waals surface area contributed by atoms with Crippen LogP contribution in [0.2, 0.25) is 0 Å². The van der Waals surface area contributed by atoms with Crippen molar-refractivity contribution in [1.82, 2.24) is 15.1 Å². The molecule has 0 aliphatic carbocycles. The van der Waals surface area contributed by atoms with E-state index >= 15 is 0 Å². The maximum atomic E-state index is 9.55. The van der Waals surface area contributed by atoms with Gasteiger partial charge in [0.1, 0.15) is 11.5 Å². The Balaban J connectivity index is 0.000000411. The fraction of sp³-hybridized carbons (Fsp3) is 0.348. The van der Waals surface area contributed by atoms with Crippen LogP contribution >= 0.6 is 11.3 Å². The summed E-state index contributed by atoms with van der Waals surface area (Å²) in [4.78, 5) is 30.1. The van der Waals surface area contributed by atoms with Crippen molar-refractivity contribution in [2.45, 2.75) is 6.92 Å². The molecule has 10 nitrogen and oxygen atoms in total. The predicted octanol–water partition coefficient (Wildman–Crippen LogP) is 2.21. The lowest BCUT2D eigenvalue weighted by Gasteiger charge is -2.34. The number of aliphatic carboxylic acids is 2. The van der Waals surface area contributed by atoms with Crippen molar-refractivity contribution < 1.29 is 30.0 Å². The van der Waals surface area contributed by atoms with Crippen LogP contribution in [0.1, 0.15) is 10.4 Å². The van der Waals surface area contributed by atoms with Gasteiger partial charge in [0.05, 0.1) is 5.56 Å². The number of carbonyl (C=O) groups is 2. The standard InChI is InChI=1S/C17H19N3OS.C4H4O4.C2H7N.H2O/c1-12-11-13-16(20-9-7-19(2)8-10-20)18-14-5-3-4-6-15(14)21-17(13)22-12;5-3(6)1-2-4(7)8;1-3-2;/h3-6,11H,7-10H2,1-2H3;1-2H,(H,5,6)(H,7,8);3H,1-2H3;1H2. The highest BCUT2D eigenvalue weighted by Crippen LogP contribution is 2.42. The van der Waals surface area contributed by atoms with E-state index in [9.17, 15) is 9.59 Å². The number of amidine groups is 1. The van der Waals surface area contributed by atoms with Gasteiger partial charge in [-0.25, -0.2) is 14.6 Å². The first-order chi connectivity index (χ1) is 15.7. The van der Waals surface area contributed by atoms with Gasteiger partial charge in [-0.3, -0.25) is 0 Å². The topological polar surface area (TPSA) is 146 Å². The molecule has 1 aromatic heterocycles. The molecule has 2 aromatic rings. The van der Waals surface area contributed by atoms with Crippen LogP contribution in [0.25, 0.3) is 0 Å². The Kier molecular flexibility index (Phi) is 11.9. The van der Waals surface area contributed by atoms with Gasteiger partial charge in [-0.15, -0.1) is 11.3 Å². The Morgan fingerprint density at radius 2 is 1.65 bits per heavy atom. The van der Waals surface area contributed by atoms with E-state index in [-0.39, 0.29) is 5.48 Å². The zero-order valence-electron chi connectivity index (χ0n) is 19.7. The fourth-order valence-corrected chi connectivity index (χ4v) is 3.90. The maximum Gasteiger partial charge on any atom is 0.328 e. The molecule has 0 spiro atoms. The molecule has 1 fully saturated rings. The zero-order chi connectivity index (χ0) is 24.4. The molecule has 34 heavy (non-hydrogen) atoms. The SMILES string of the molecule is CNC.Cc1cc2c(s1)Oc1ccccc1N=C2N1CCN(C)CC1.O.O=C(O)C=CC(=O)O. The molecule has 0 bridgehead atoms. The first-order valence-electron chi connectivity index (χ1n) is 10.4. The average Bonchev–Trinajstić information content (AvgIpc) is 3.05. The Labute approximate surface area is 203 Å². The first kappa shape index (κ1) is 28.8. The minimum atomic E-state index is -1.26. The van der Waals surface area contributed by atoms with Gasteiger partial charge >= 0.3 is 11.9 Å². The smallest absolute Gasteiger partial charge is 0.328 e. The second kappa shape index (κ2) is 14.1. The minimum Gasteiger partial charge on any atom is -0.478 e. The number of fused-ring (bicyclic) bond motifs is 2. The van der Waals surface area contributed by atoms with E-state index in [0.29, 0.717) is 12.2 Å². The van der Waals surface area contributed by atoms with Gasteiger partial charge in [-0.05, 0) is 46.3 Å². The number of hydrogen-bond donors (Lipinski definition) is 3. The third kappa shape index (κ3) is 8.60. The lowest BCUT2D eigenvalue weighted by molar-refractivity contribution is -0.134. The summed E-state index contributed by atoms with van der Waals surface area (Å²) in [7, 11) is 5.92. The summed E-state index contributed by atoms with van der Waals surface area (Å²) in [5.41, 5.74) is 2.04. The molecule has 0 unspecified atom stereocenters. The molecule has 2 aliphatic heterocycles. The van der Waals surface area contributed by atoms with Crippen LogP contribution in [0.4, 0.5) is 5.69 Å². The number of aryl methyl sites for hydroxylation is 1. The fourth-order valence-electron chi connectivity index (χ4n) is 3.04. The van der Waals surface area contributed by atoms with E-state index in [1.54, 1.807) is 11.3 Å². The highest BCUT2D eigenvalue weighted by molar-refractivity contribution is 7.14. The normalized spacial score (nSPS) is 14.5. The number of aliphatic imine (C=N–C) groups is 1. The van der Waals surface area contributed by atoms with E-state index in [1.165, 1.54) is 4.88 Å². The van der Waals surface area contributed by atoms with Gasteiger partial charge in [-0.2, -0.15) is 0 Å². The molecule has 186 valence electrons. The van der Waals surface area contributed by atoms with Crippen LogP contribution in [0.3, 0.4) is 0 Å². The quantitative estimate of drug-likeness (QED) is 0.541. The lowest BCUT2D eigenvalue weighted by atomic mass is 10.2. The number of likely N-dealkylation sites (N-methyl/N-ethyl adjacent to an activating group) is 1. The molecule has 0 saturated carbocycles. The zero-order valence-corrected chi connectivity index (χ0v) is 20.6. The van der Waals surface area contributed by atoms with Gasteiger partial charge in [-0.1, -0.05) is 12.1 Å². The van der Waals surface area contributed by atoms with Crippen molar-refractivity contribution in [2.24, 2.45) is 4.99 Å². The third-order valence-corrected chi connectivity index (χ3v) is 5.46. The van der Waals surface area contributed by atoms with Crippen molar-refractivity contribution in [2.75, 3.05) is 47.3 Å². The molecular weight excluding hydrogens is 460 g/mol. The number of benzene rings is 1. The largest absolute Gasteiger partial charge is 0.478 e. The maximum absolute atomic E-state index is 9.55. The molecule has 1 aromatic carbocycles. The second-order valence-electron chi connectivity index (χ2n) is 7.36.